The minimum Gasteiger partial charge on any atom is -0.481 e. The second kappa shape index (κ2) is 7.36. The predicted octanol–water partition coefficient (Wildman–Crippen LogP) is 4.57. The first-order chi connectivity index (χ1) is 11.9. The van der Waals surface area contributed by atoms with Crippen LogP contribution in [0.1, 0.15) is 62.0 Å². The maximum Gasteiger partial charge on any atom is 0.416 e. The lowest BCUT2D eigenvalue weighted by molar-refractivity contribution is -0.143. The summed E-state index contributed by atoms with van der Waals surface area (Å²) in [5, 5.41) is 12.6. The molecule has 1 aromatic carbocycles. The van der Waals surface area contributed by atoms with E-state index >= 15 is 0 Å². The van der Waals surface area contributed by atoms with Crippen molar-refractivity contribution in [2.75, 3.05) is 0 Å². The summed E-state index contributed by atoms with van der Waals surface area (Å²) in [6, 6.07) is 6.14. The monoisotopic (exact) mass is 355 g/mol. The average molecular weight is 355 g/mol. The number of rotatable bonds is 4. The molecule has 0 heterocycles. The van der Waals surface area contributed by atoms with Gasteiger partial charge in [-0.25, -0.2) is 0 Å². The van der Waals surface area contributed by atoms with Gasteiger partial charge in [0.1, 0.15) is 0 Å². The van der Waals surface area contributed by atoms with Gasteiger partial charge in [0.05, 0.1) is 11.5 Å². The highest BCUT2D eigenvalue weighted by Gasteiger charge is 2.39. The van der Waals surface area contributed by atoms with Crippen LogP contribution in [0.15, 0.2) is 24.3 Å². The van der Waals surface area contributed by atoms with E-state index in [0.717, 1.165) is 32.1 Å². The van der Waals surface area contributed by atoms with Gasteiger partial charge in [0, 0.05) is 12.1 Å². The third-order valence-electron chi connectivity index (χ3n) is 5.71. The van der Waals surface area contributed by atoms with Crippen LogP contribution in [0.4, 0.5) is 13.2 Å². The molecule has 25 heavy (non-hydrogen) atoms. The van der Waals surface area contributed by atoms with Gasteiger partial charge in [0.25, 0.3) is 0 Å². The number of alkyl halides is 3. The number of carboxylic acid groups (broad SMARTS) is 1. The van der Waals surface area contributed by atoms with E-state index in [9.17, 15) is 18.0 Å². The van der Waals surface area contributed by atoms with E-state index < -0.39 is 17.7 Å². The molecule has 0 saturated heterocycles. The summed E-state index contributed by atoms with van der Waals surface area (Å²) < 4.78 is 40.0. The Morgan fingerprint density at radius 1 is 1.04 bits per heavy atom. The minimum absolute atomic E-state index is 0.0369. The van der Waals surface area contributed by atoms with Crippen LogP contribution in [0.2, 0.25) is 0 Å². The minimum atomic E-state index is -4.33. The van der Waals surface area contributed by atoms with Crippen molar-refractivity contribution < 1.29 is 23.1 Å². The fraction of sp³-hybridized carbons (Fsp3) is 0.632. The Morgan fingerprint density at radius 3 is 2.36 bits per heavy atom. The largest absolute Gasteiger partial charge is 0.481 e. The van der Waals surface area contributed by atoms with Crippen molar-refractivity contribution in [3.8, 4) is 0 Å². The first-order valence-electron chi connectivity index (χ1n) is 9.01. The van der Waals surface area contributed by atoms with Gasteiger partial charge in [-0.15, -0.1) is 0 Å². The van der Waals surface area contributed by atoms with E-state index in [4.69, 9.17) is 5.11 Å². The van der Waals surface area contributed by atoms with E-state index in [1.54, 1.807) is 12.1 Å². The lowest BCUT2D eigenvalue weighted by atomic mass is 9.84. The first-order valence-corrected chi connectivity index (χ1v) is 9.01. The SMILES string of the molecule is O=C(O)C1CCC(NC2CCCC2c2ccccc2C(F)(F)F)CC1. The molecule has 2 aliphatic rings. The van der Waals surface area contributed by atoms with Crippen LogP contribution >= 0.6 is 0 Å². The van der Waals surface area contributed by atoms with Crippen LogP contribution < -0.4 is 5.32 Å². The Labute approximate surface area is 145 Å². The Hall–Kier alpha value is -1.56. The fourth-order valence-electron chi connectivity index (χ4n) is 4.42. The van der Waals surface area contributed by atoms with Crippen molar-refractivity contribution >= 4 is 5.97 Å². The number of carbonyl (C=O) groups is 1. The molecule has 2 aliphatic carbocycles. The molecule has 2 saturated carbocycles. The lowest BCUT2D eigenvalue weighted by Gasteiger charge is -2.32. The molecule has 2 fully saturated rings. The maximum atomic E-state index is 13.3. The Kier molecular flexibility index (Phi) is 5.37. The van der Waals surface area contributed by atoms with Crippen molar-refractivity contribution in [1.82, 2.24) is 5.32 Å². The zero-order valence-corrected chi connectivity index (χ0v) is 14.1. The Morgan fingerprint density at radius 2 is 1.72 bits per heavy atom. The highest BCUT2D eigenvalue weighted by molar-refractivity contribution is 5.70. The third kappa shape index (κ3) is 4.17. The van der Waals surface area contributed by atoms with Gasteiger partial charge < -0.3 is 10.4 Å². The molecule has 3 nitrogen and oxygen atoms in total. The highest BCUT2D eigenvalue weighted by atomic mass is 19.4. The van der Waals surface area contributed by atoms with Gasteiger partial charge in [-0.05, 0) is 56.1 Å². The smallest absolute Gasteiger partial charge is 0.416 e. The number of nitrogens with one attached hydrogen (secondary N) is 1. The maximum absolute atomic E-state index is 13.3. The Balaban J connectivity index is 1.69. The second-order valence-electron chi connectivity index (χ2n) is 7.28. The summed E-state index contributed by atoms with van der Waals surface area (Å²) in [5.74, 6) is -1.14. The molecule has 2 atom stereocenters. The molecular formula is C19H24F3NO2. The zero-order chi connectivity index (χ0) is 18.0. The molecule has 1 aromatic rings. The molecule has 0 aromatic heterocycles. The summed E-state index contributed by atoms with van der Waals surface area (Å²) >= 11 is 0. The molecule has 6 heteroatoms. The average Bonchev–Trinajstić information content (AvgIpc) is 3.02. The molecule has 0 amide bonds. The summed E-state index contributed by atoms with van der Waals surface area (Å²) in [6.07, 6.45) is 1.06. The molecule has 0 radical (unpaired) electrons. The third-order valence-corrected chi connectivity index (χ3v) is 5.71. The topological polar surface area (TPSA) is 49.3 Å². The molecule has 0 bridgehead atoms. The van der Waals surface area contributed by atoms with Crippen molar-refractivity contribution in [1.29, 1.82) is 0 Å². The van der Waals surface area contributed by atoms with Crippen molar-refractivity contribution in [2.24, 2.45) is 5.92 Å². The van der Waals surface area contributed by atoms with Gasteiger partial charge >= 0.3 is 12.1 Å². The van der Waals surface area contributed by atoms with Crippen molar-refractivity contribution in [3.63, 3.8) is 0 Å². The van der Waals surface area contributed by atoms with Gasteiger partial charge in [-0.3, -0.25) is 4.79 Å². The van der Waals surface area contributed by atoms with E-state index in [-0.39, 0.29) is 23.9 Å². The predicted molar refractivity (Wildman–Crippen MR) is 88.3 cm³/mol. The fourth-order valence-corrected chi connectivity index (χ4v) is 4.42. The number of halogens is 3. The summed E-state index contributed by atoms with van der Waals surface area (Å²) in [5.41, 5.74) is -0.132. The van der Waals surface area contributed by atoms with Crippen LogP contribution in [0.25, 0.3) is 0 Å². The number of carboxylic acids is 1. The van der Waals surface area contributed by atoms with Crippen molar-refractivity contribution in [3.05, 3.63) is 35.4 Å². The molecule has 0 spiro atoms. The molecule has 2 unspecified atom stereocenters. The number of aliphatic carboxylic acids is 1. The van der Waals surface area contributed by atoms with Crippen LogP contribution in [-0.4, -0.2) is 23.2 Å². The quantitative estimate of drug-likeness (QED) is 0.831. The molecule has 2 N–H and O–H groups in total. The molecular weight excluding hydrogens is 331 g/mol. The molecule has 138 valence electrons. The van der Waals surface area contributed by atoms with Crippen LogP contribution in [0.3, 0.4) is 0 Å². The van der Waals surface area contributed by atoms with Crippen molar-refractivity contribution in [2.45, 2.75) is 69.1 Å². The summed E-state index contributed by atoms with van der Waals surface area (Å²) in [7, 11) is 0. The standard InChI is InChI=1S/C19H24F3NO2/c20-19(21,22)16-6-2-1-4-14(16)15-5-3-7-17(15)23-13-10-8-12(9-11-13)18(24)25/h1-2,4,6,12-13,15,17,23H,3,5,7-11H2,(H,24,25). The number of hydrogen-bond acceptors (Lipinski definition) is 2. The molecule has 0 aliphatic heterocycles. The second-order valence-corrected chi connectivity index (χ2v) is 7.28. The van der Waals surface area contributed by atoms with E-state index in [1.165, 1.54) is 12.1 Å². The van der Waals surface area contributed by atoms with E-state index in [0.29, 0.717) is 18.4 Å². The van der Waals surface area contributed by atoms with Gasteiger partial charge in [-0.1, -0.05) is 24.6 Å². The summed E-state index contributed by atoms with van der Waals surface area (Å²) in [6.45, 7) is 0. The number of hydrogen-bond donors (Lipinski definition) is 2. The van der Waals surface area contributed by atoms with E-state index in [1.807, 2.05) is 0 Å². The highest BCUT2D eigenvalue weighted by Crippen LogP contribution is 2.42. The van der Waals surface area contributed by atoms with Gasteiger partial charge in [-0.2, -0.15) is 13.2 Å². The lowest BCUT2D eigenvalue weighted by Crippen LogP contribution is -2.42. The van der Waals surface area contributed by atoms with Gasteiger partial charge in [0.2, 0.25) is 0 Å². The van der Waals surface area contributed by atoms with E-state index in [2.05, 4.69) is 5.32 Å². The van der Waals surface area contributed by atoms with Crippen LogP contribution in [0, 0.1) is 5.92 Å². The summed E-state index contributed by atoms with van der Waals surface area (Å²) in [4.78, 5) is 11.0. The normalized spacial score (nSPS) is 30.4. The number of benzene rings is 1. The Bertz CT molecular complexity index is 609. The zero-order valence-electron chi connectivity index (χ0n) is 14.1. The molecule has 3 rings (SSSR count). The van der Waals surface area contributed by atoms with Crippen LogP contribution in [-0.2, 0) is 11.0 Å². The van der Waals surface area contributed by atoms with Crippen LogP contribution in [0.5, 0.6) is 0 Å². The van der Waals surface area contributed by atoms with Gasteiger partial charge in [0.15, 0.2) is 0 Å². The first kappa shape index (κ1) is 18.2.